The van der Waals surface area contributed by atoms with E-state index in [4.69, 9.17) is 22.9 Å². The summed E-state index contributed by atoms with van der Waals surface area (Å²) in [5, 5.41) is 55.5. The number of anilines is 1. The van der Waals surface area contributed by atoms with Gasteiger partial charge in [-0.25, -0.2) is 25.6 Å². The van der Waals surface area contributed by atoms with Gasteiger partial charge in [0.2, 0.25) is 31.1 Å². The fourth-order valence-corrected chi connectivity index (χ4v) is 9.53. The lowest BCUT2D eigenvalue weighted by Crippen LogP contribution is -3.35. The van der Waals surface area contributed by atoms with Crippen molar-refractivity contribution in [2.45, 2.75) is 82.8 Å². The number of nitrogens with one attached hydrogen (secondary N) is 8. The van der Waals surface area contributed by atoms with Crippen LogP contribution in [-0.2, 0) is 0 Å². The number of aliphatic imine (C=N–C) groups is 1. The van der Waals surface area contributed by atoms with Crippen molar-refractivity contribution in [3.63, 3.8) is 0 Å². The molecule has 2 saturated carbocycles. The summed E-state index contributed by atoms with van der Waals surface area (Å²) in [7, 11) is 0. The van der Waals surface area contributed by atoms with Crippen LogP contribution in [0.25, 0.3) is 0 Å². The number of fused-ring (bicyclic) bond motifs is 9. The van der Waals surface area contributed by atoms with Crippen LogP contribution in [0.1, 0.15) is 64.7 Å². The number of aromatic nitrogens is 6. The van der Waals surface area contributed by atoms with Gasteiger partial charge in [-0.15, -0.1) is 5.10 Å². The van der Waals surface area contributed by atoms with Crippen molar-refractivity contribution in [1.29, 1.82) is 0 Å². The van der Waals surface area contributed by atoms with Gasteiger partial charge in [-0.1, -0.05) is 31.3 Å². The van der Waals surface area contributed by atoms with E-state index in [1.165, 1.54) is 143 Å². The highest BCUT2D eigenvalue weighted by molar-refractivity contribution is 5.85. The Kier molecular flexibility index (Phi) is 33.9. The van der Waals surface area contributed by atoms with Crippen molar-refractivity contribution in [3.05, 3.63) is 24.8 Å². The Morgan fingerprint density at radius 2 is 1.08 bits per heavy atom. The fraction of sp³-hybridized carbons (Fsp3) is 0.848. The van der Waals surface area contributed by atoms with Gasteiger partial charge in [-0.05, 0) is 42.4 Å². The molecule has 0 spiro atoms. The lowest BCUT2D eigenvalue weighted by atomic mass is 9.92. The van der Waals surface area contributed by atoms with E-state index in [-0.39, 0.29) is 15.2 Å². The van der Waals surface area contributed by atoms with E-state index in [2.05, 4.69) is 80.3 Å². The van der Waals surface area contributed by atoms with E-state index in [1.54, 1.807) is 16.7 Å². The highest BCUT2D eigenvalue weighted by atomic mass is 16.6. The number of tetrazole rings is 1. The number of nitrogens with zero attached hydrogens (tertiary/aromatic N) is 8. The van der Waals surface area contributed by atoms with Gasteiger partial charge in [0.25, 0.3) is 11.9 Å². The van der Waals surface area contributed by atoms with Gasteiger partial charge < -0.3 is 70.4 Å². The molecule has 2 aromatic heterocycles. The van der Waals surface area contributed by atoms with Gasteiger partial charge in [0.1, 0.15) is 85.1 Å². The number of hydrogen-bond donors (Lipinski definition) is 18. The molecule has 2 aromatic rings. The molecule has 6 bridgehead atoms. The maximum absolute atomic E-state index is 9.65. The van der Waals surface area contributed by atoms with Crippen LogP contribution in [0, 0.1) is 0 Å². The Labute approximate surface area is 441 Å². The smallest absolute Gasteiger partial charge is 0.278 e. The number of guanidine groups is 1. The molecule has 2 unspecified atom stereocenters. The first kappa shape index (κ1) is 64.7. The zero-order valence-electron chi connectivity index (χ0n) is 45.7. The van der Waals surface area contributed by atoms with Crippen LogP contribution in [-0.4, -0.2) is 251 Å². The predicted octanol–water partition coefficient (Wildman–Crippen LogP) is -13.5. The average Bonchev–Trinajstić information content (AvgIpc) is 4.34. The van der Waals surface area contributed by atoms with Crippen LogP contribution in [0.15, 0.2) is 34.9 Å². The molecular formula is C46H112N25O3+13. The van der Waals surface area contributed by atoms with Crippen molar-refractivity contribution in [2.24, 2.45) is 27.3 Å². The summed E-state index contributed by atoms with van der Waals surface area (Å²) in [5.41, 5.74) is 30.4. The van der Waals surface area contributed by atoms with Crippen molar-refractivity contribution in [1.82, 2.24) is 31.3 Å². The van der Waals surface area contributed by atoms with Crippen LogP contribution in [0.3, 0.4) is 0 Å². The molecule has 2 atom stereocenters. The number of quaternary nitrogens is 11. The van der Waals surface area contributed by atoms with Gasteiger partial charge in [0, 0.05) is 32.2 Å². The molecule has 74 heavy (non-hydrogen) atoms. The van der Waals surface area contributed by atoms with E-state index in [1.807, 2.05) is 34.6 Å². The lowest BCUT2D eigenvalue weighted by molar-refractivity contribution is -1.23. The summed E-state index contributed by atoms with van der Waals surface area (Å²) in [6.07, 6.45) is 20.4. The molecular weight excluding hydrogens is 951 g/mol. The topological polar surface area (TPSA) is 415 Å². The number of hydroxylamine groups is 9. The van der Waals surface area contributed by atoms with Crippen LogP contribution in [0.4, 0.5) is 5.95 Å². The number of H-pyrrole nitrogens is 3. The third-order valence-corrected chi connectivity index (χ3v) is 14.9. The quantitative estimate of drug-likeness (QED) is 0.0936. The average molecular weight is 1060 g/mol. The Balaban J connectivity index is 0.000000217. The normalized spacial score (nSPS) is 31.3. The first-order valence-electron chi connectivity index (χ1n) is 28.2. The number of piperazine rings is 10. The molecule has 12 aliphatic heterocycles. The predicted molar refractivity (Wildman–Crippen MR) is 279 cm³/mol. The third-order valence-electron chi connectivity index (χ3n) is 14.9. The van der Waals surface area contributed by atoms with E-state index in [9.17, 15) is 15.6 Å². The molecule has 28 heteroatoms. The van der Waals surface area contributed by atoms with Gasteiger partial charge in [-0.3, -0.25) is 0 Å². The standard InChI is InChI=1S/C6H14N2O2.C6H13N2O.C6H12N2.C6H14N2.C5H11N.C4H10N2.C4H4N2.C3H8N2.C3H9N.C2H4N4.CH3N5/c9-7-1-2-8(10,5-3-7)6-4-7;9-8-4-1-7(2-5-8)3-6-8;1-2-8-5-3-7(1)4-6-8;7-5-3-1-2-4-6(5)8;6-5-3-1-2-4-5;2*1-2-6-4-3-5-1;1-2-5-3-4-1;1-2-3-4;3-2-4-1-5-6-2;2-1-3-5-6-4-1/h9-10H,1-6H2;9H,1-6H2;1-6H2;5-6H,1-4,7-8H2;5H,1-4,6H2;5-6H,1-4H2;1-4H;4-5H,1-3H2;2-4H2,1H3;1H,(H3,3,4,5,6);(H3,2,3,4,5,6)/q+2;+1;;;;;;;;;/p+10. The maximum Gasteiger partial charge on any atom is 0.278 e. The molecule has 14 aliphatic rings. The minimum Gasteiger partial charge on any atom is -0.365 e. The first-order valence-corrected chi connectivity index (χ1v) is 28.2. The summed E-state index contributed by atoms with van der Waals surface area (Å²) in [6, 6.07) is 1.47. The molecule has 0 radical (unpaired) electrons. The second-order valence-electron chi connectivity index (χ2n) is 21.0. The molecule has 13 fully saturated rings. The minimum atomic E-state index is 0.176. The first-order chi connectivity index (χ1) is 35.8. The summed E-state index contributed by atoms with van der Waals surface area (Å²) in [5.74, 6) is 0.519. The molecule has 11 saturated heterocycles. The molecule has 31 N–H and O–H groups in total. The van der Waals surface area contributed by atoms with Gasteiger partial charge >= 0.3 is 0 Å². The summed E-state index contributed by atoms with van der Waals surface area (Å²) in [4.78, 5) is 14.7. The maximum atomic E-state index is 9.65. The molecule has 0 aromatic carbocycles. The monoisotopic (exact) mass is 1060 g/mol. The van der Waals surface area contributed by atoms with Gasteiger partial charge in [0.05, 0.1) is 18.6 Å². The molecule has 28 nitrogen and oxygen atoms in total. The van der Waals surface area contributed by atoms with E-state index in [0.29, 0.717) is 28.7 Å². The summed E-state index contributed by atoms with van der Waals surface area (Å²) in [6.45, 7) is 31.2. The van der Waals surface area contributed by atoms with E-state index >= 15 is 0 Å². The highest BCUT2D eigenvalue weighted by Crippen LogP contribution is 2.21. The Morgan fingerprint density at radius 1 is 0.662 bits per heavy atom. The number of nitrogen functional groups attached to an aromatic ring is 1. The van der Waals surface area contributed by atoms with Crippen LogP contribution in [0.5, 0.6) is 0 Å². The van der Waals surface area contributed by atoms with Gasteiger partial charge in [-0.2, -0.15) is 29.6 Å². The third kappa shape index (κ3) is 30.8. The number of rotatable bonds is 1. The summed E-state index contributed by atoms with van der Waals surface area (Å²) < 4.78 is 0.755. The van der Waals surface area contributed by atoms with E-state index in [0.717, 1.165) is 85.2 Å². The Hall–Kier alpha value is -3.63. The van der Waals surface area contributed by atoms with Crippen molar-refractivity contribution in [2.75, 3.05) is 176 Å². The number of aromatic amines is 3. The lowest BCUT2D eigenvalue weighted by Gasteiger charge is -2.46. The molecule has 16 rings (SSSR count). The van der Waals surface area contributed by atoms with Crippen LogP contribution >= 0.6 is 0 Å². The van der Waals surface area contributed by atoms with Crippen LogP contribution in [0.2, 0.25) is 0 Å². The Bertz CT molecular complexity index is 1520. The van der Waals surface area contributed by atoms with Crippen LogP contribution < -0.4 is 85.8 Å². The second kappa shape index (κ2) is 38.8. The summed E-state index contributed by atoms with van der Waals surface area (Å²) >= 11 is 0. The van der Waals surface area contributed by atoms with Crippen molar-refractivity contribution < 1.29 is 81.8 Å². The van der Waals surface area contributed by atoms with Gasteiger partial charge in [0.15, 0.2) is 58.9 Å². The zero-order chi connectivity index (χ0) is 53.6. The molecule has 0 amide bonds. The van der Waals surface area contributed by atoms with Crippen molar-refractivity contribution in [3.8, 4) is 0 Å². The highest BCUT2D eigenvalue weighted by Gasteiger charge is 2.49. The Morgan fingerprint density at radius 3 is 1.27 bits per heavy atom. The number of nitrogens with two attached hydrogens (primary N) is 7. The molecule has 2 aliphatic carbocycles. The largest absolute Gasteiger partial charge is 0.365 e. The van der Waals surface area contributed by atoms with Crippen molar-refractivity contribution >= 4 is 18.2 Å². The second-order valence-corrected chi connectivity index (χ2v) is 21.0. The SMILES string of the molecule is C1CNCN1.C1C[NH+]2CC[NH+]1CC2.C1C[NH2+]CC[NH2+]1.CCC[NH3+].NC1=N[NH2+]C=N1.NC1CCCC1.NC1CCCCC1[NH3+].Nc1nn[nH]n1.O[N+]12CC[N+](O)(CC1)CC2.O[N+]12CC[NH+](CC1)CC2.c1c[nH+]cc[nH+]1. The zero-order valence-corrected chi connectivity index (χ0v) is 45.7. The van der Waals surface area contributed by atoms with E-state index < -0.39 is 0 Å². The minimum absolute atomic E-state index is 0.176. The molecule has 14 heterocycles. The number of hydrogen-bond acceptors (Lipinski definition) is 14. The molecule has 426 valence electrons. The fourth-order valence-electron chi connectivity index (χ4n) is 9.53.